The van der Waals surface area contributed by atoms with E-state index >= 15 is 0 Å². The Kier molecular flexibility index (Phi) is 5.01. The number of amides is 2. The van der Waals surface area contributed by atoms with Gasteiger partial charge in [-0.3, -0.25) is 0 Å². The highest BCUT2D eigenvalue weighted by molar-refractivity contribution is 6.31. The number of carbonyl (C=O) groups is 1. The van der Waals surface area contributed by atoms with Gasteiger partial charge in [-0.2, -0.15) is 0 Å². The van der Waals surface area contributed by atoms with Crippen LogP contribution in [0.1, 0.15) is 24.4 Å². The van der Waals surface area contributed by atoms with Gasteiger partial charge in [-0.25, -0.2) is 9.78 Å². The van der Waals surface area contributed by atoms with Crippen molar-refractivity contribution in [1.29, 1.82) is 0 Å². The Bertz CT molecular complexity index is 813. The van der Waals surface area contributed by atoms with Crippen LogP contribution in [0.25, 0.3) is 11.0 Å². The van der Waals surface area contributed by atoms with Crippen molar-refractivity contribution < 1.29 is 4.79 Å². The first-order valence-corrected chi connectivity index (χ1v) is 8.23. The molecule has 24 heavy (non-hydrogen) atoms. The summed E-state index contributed by atoms with van der Waals surface area (Å²) in [7, 11) is 0. The number of imidazole rings is 1. The zero-order valence-corrected chi connectivity index (χ0v) is 14.1. The van der Waals surface area contributed by atoms with Crippen LogP contribution in [0.5, 0.6) is 0 Å². The summed E-state index contributed by atoms with van der Waals surface area (Å²) in [6, 6.07) is 15.0. The fourth-order valence-corrected chi connectivity index (χ4v) is 2.87. The number of halogens is 1. The number of nitrogens with zero attached hydrogens (tertiary/aromatic N) is 1. The molecular formula is C18H19ClN4O. The monoisotopic (exact) mass is 342 g/mol. The van der Waals surface area contributed by atoms with Crippen molar-refractivity contribution in [3.8, 4) is 0 Å². The van der Waals surface area contributed by atoms with Gasteiger partial charge in [-0.1, -0.05) is 41.9 Å². The molecule has 1 atom stereocenters. The van der Waals surface area contributed by atoms with Gasteiger partial charge >= 0.3 is 6.03 Å². The summed E-state index contributed by atoms with van der Waals surface area (Å²) >= 11 is 6.14. The molecule has 0 spiro atoms. The standard InChI is InChI=1S/C18H19ClN4O/c1-12(13-6-2-3-7-14(13)19)21-18(24)20-11-10-17-22-15-8-4-5-9-16(15)23-17/h2-9,12H,10-11H2,1H3,(H,22,23)(H2,20,21,24). The lowest BCUT2D eigenvalue weighted by Gasteiger charge is -2.16. The quantitative estimate of drug-likeness (QED) is 0.659. The number of fused-ring (bicyclic) bond motifs is 1. The van der Waals surface area contributed by atoms with E-state index in [1.54, 1.807) is 0 Å². The van der Waals surface area contributed by atoms with E-state index < -0.39 is 0 Å². The summed E-state index contributed by atoms with van der Waals surface area (Å²) in [6.45, 7) is 2.40. The van der Waals surface area contributed by atoms with E-state index in [9.17, 15) is 4.79 Å². The van der Waals surface area contributed by atoms with Gasteiger partial charge in [0.2, 0.25) is 0 Å². The molecule has 0 aliphatic rings. The molecule has 0 saturated heterocycles. The average Bonchev–Trinajstić information content (AvgIpc) is 2.97. The second kappa shape index (κ2) is 7.36. The summed E-state index contributed by atoms with van der Waals surface area (Å²) in [5, 5.41) is 6.37. The van der Waals surface area contributed by atoms with Gasteiger partial charge in [0.05, 0.1) is 17.1 Å². The zero-order valence-electron chi connectivity index (χ0n) is 13.3. The molecule has 0 fully saturated rings. The fraction of sp³-hybridized carbons (Fsp3) is 0.222. The highest BCUT2D eigenvalue weighted by atomic mass is 35.5. The van der Waals surface area contributed by atoms with Crippen LogP contribution in [0, 0.1) is 0 Å². The molecule has 0 bridgehead atoms. The van der Waals surface area contributed by atoms with Crippen molar-refractivity contribution in [1.82, 2.24) is 20.6 Å². The zero-order chi connectivity index (χ0) is 16.9. The first-order valence-electron chi connectivity index (χ1n) is 7.86. The number of nitrogens with one attached hydrogen (secondary N) is 3. The first-order chi connectivity index (χ1) is 11.6. The third-order valence-corrected chi connectivity index (χ3v) is 4.15. The molecule has 6 heteroatoms. The van der Waals surface area contributed by atoms with Crippen LogP contribution in [-0.4, -0.2) is 22.5 Å². The SMILES string of the molecule is CC(NC(=O)NCCc1nc2ccccc2[nH]1)c1ccccc1Cl. The molecule has 1 aromatic heterocycles. The van der Waals surface area contributed by atoms with E-state index in [-0.39, 0.29) is 12.1 Å². The van der Waals surface area contributed by atoms with Crippen molar-refractivity contribution in [2.24, 2.45) is 0 Å². The van der Waals surface area contributed by atoms with Gasteiger partial charge in [0.1, 0.15) is 5.82 Å². The lowest BCUT2D eigenvalue weighted by molar-refractivity contribution is 0.238. The number of hydrogen-bond donors (Lipinski definition) is 3. The van der Waals surface area contributed by atoms with Gasteiger partial charge in [0.15, 0.2) is 0 Å². The number of aromatic nitrogens is 2. The summed E-state index contributed by atoms with van der Waals surface area (Å²) in [6.07, 6.45) is 0.641. The largest absolute Gasteiger partial charge is 0.342 e. The minimum absolute atomic E-state index is 0.162. The summed E-state index contributed by atoms with van der Waals surface area (Å²) in [5.41, 5.74) is 2.83. The maximum atomic E-state index is 12.0. The number of H-pyrrole nitrogens is 1. The predicted molar refractivity (Wildman–Crippen MR) is 96.2 cm³/mol. The number of para-hydroxylation sites is 2. The molecule has 2 aromatic carbocycles. The second-order valence-corrected chi connectivity index (χ2v) is 6.00. The number of benzene rings is 2. The summed E-state index contributed by atoms with van der Waals surface area (Å²) in [4.78, 5) is 19.7. The van der Waals surface area contributed by atoms with Crippen molar-refractivity contribution in [2.45, 2.75) is 19.4 Å². The fourth-order valence-electron chi connectivity index (χ4n) is 2.57. The maximum absolute atomic E-state index is 12.0. The Labute approximate surface area is 145 Å². The lowest BCUT2D eigenvalue weighted by Crippen LogP contribution is -2.38. The molecule has 0 aliphatic heterocycles. The third kappa shape index (κ3) is 3.86. The van der Waals surface area contributed by atoms with Gasteiger partial charge in [0.25, 0.3) is 0 Å². The van der Waals surface area contributed by atoms with Crippen LogP contribution >= 0.6 is 11.6 Å². The molecule has 5 nitrogen and oxygen atoms in total. The van der Waals surface area contributed by atoms with Crippen LogP contribution in [0.3, 0.4) is 0 Å². The van der Waals surface area contributed by atoms with E-state index in [0.29, 0.717) is 18.0 Å². The molecule has 3 N–H and O–H groups in total. The van der Waals surface area contributed by atoms with Crippen molar-refractivity contribution in [3.63, 3.8) is 0 Å². The molecule has 0 radical (unpaired) electrons. The molecule has 1 unspecified atom stereocenters. The Morgan fingerprint density at radius 2 is 1.96 bits per heavy atom. The molecule has 3 rings (SSSR count). The maximum Gasteiger partial charge on any atom is 0.315 e. The van der Waals surface area contributed by atoms with Gasteiger partial charge in [-0.05, 0) is 30.7 Å². The normalized spacial score (nSPS) is 12.1. The highest BCUT2D eigenvalue weighted by Crippen LogP contribution is 2.21. The smallest absolute Gasteiger partial charge is 0.315 e. The number of carbonyl (C=O) groups excluding carboxylic acids is 1. The Hall–Kier alpha value is -2.53. The van der Waals surface area contributed by atoms with Gasteiger partial charge in [0, 0.05) is 18.0 Å². The second-order valence-electron chi connectivity index (χ2n) is 5.59. The molecule has 1 heterocycles. The topological polar surface area (TPSA) is 69.8 Å². The lowest BCUT2D eigenvalue weighted by atomic mass is 10.1. The predicted octanol–water partition coefficient (Wildman–Crippen LogP) is 3.82. The van der Waals surface area contributed by atoms with Crippen LogP contribution in [0.15, 0.2) is 48.5 Å². The average molecular weight is 343 g/mol. The summed E-state index contributed by atoms with van der Waals surface area (Å²) in [5.74, 6) is 0.857. The van der Waals surface area contributed by atoms with E-state index in [4.69, 9.17) is 11.6 Å². The van der Waals surface area contributed by atoms with E-state index in [1.807, 2.05) is 55.5 Å². The molecule has 0 saturated carbocycles. The first kappa shape index (κ1) is 16.3. The van der Waals surface area contributed by atoms with Crippen molar-refractivity contribution in [2.75, 3.05) is 6.54 Å². The summed E-state index contributed by atoms with van der Waals surface area (Å²) < 4.78 is 0. The highest BCUT2D eigenvalue weighted by Gasteiger charge is 2.12. The molecule has 0 aliphatic carbocycles. The van der Waals surface area contributed by atoms with E-state index in [1.165, 1.54) is 0 Å². The minimum atomic E-state index is -0.224. The van der Waals surface area contributed by atoms with Crippen molar-refractivity contribution >= 4 is 28.7 Å². The molecular weight excluding hydrogens is 324 g/mol. The Morgan fingerprint density at radius 1 is 1.21 bits per heavy atom. The van der Waals surface area contributed by atoms with Crippen LogP contribution in [-0.2, 0) is 6.42 Å². The minimum Gasteiger partial charge on any atom is -0.342 e. The Morgan fingerprint density at radius 3 is 2.75 bits per heavy atom. The number of rotatable bonds is 5. The van der Waals surface area contributed by atoms with Crippen LogP contribution in [0.2, 0.25) is 5.02 Å². The molecule has 2 amide bonds. The van der Waals surface area contributed by atoms with Gasteiger partial charge < -0.3 is 15.6 Å². The number of aromatic amines is 1. The molecule has 124 valence electrons. The molecule has 3 aromatic rings. The van der Waals surface area contributed by atoms with Crippen LogP contribution < -0.4 is 10.6 Å². The van der Waals surface area contributed by atoms with E-state index in [2.05, 4.69) is 20.6 Å². The third-order valence-electron chi connectivity index (χ3n) is 3.81. The van der Waals surface area contributed by atoms with Crippen molar-refractivity contribution in [3.05, 3.63) is 64.9 Å². The van der Waals surface area contributed by atoms with E-state index in [0.717, 1.165) is 22.4 Å². The van der Waals surface area contributed by atoms with Gasteiger partial charge in [-0.15, -0.1) is 0 Å². The van der Waals surface area contributed by atoms with Crippen LogP contribution in [0.4, 0.5) is 4.79 Å². The number of hydrogen-bond acceptors (Lipinski definition) is 2. The number of urea groups is 1. The Balaban J connectivity index is 1.49.